The first-order valence-corrected chi connectivity index (χ1v) is 10.5. The van der Waals surface area contributed by atoms with E-state index < -0.39 is 0 Å². The van der Waals surface area contributed by atoms with Gasteiger partial charge in [0.25, 0.3) is 0 Å². The van der Waals surface area contributed by atoms with Crippen LogP contribution >= 0.6 is 0 Å². The quantitative estimate of drug-likeness (QED) is 0.620. The summed E-state index contributed by atoms with van der Waals surface area (Å²) in [6, 6.07) is 9.41. The zero-order valence-corrected chi connectivity index (χ0v) is 16.2. The van der Waals surface area contributed by atoms with E-state index in [2.05, 4.69) is 56.2 Å². The molecule has 0 spiro atoms. The number of aliphatic imine (C=N–C) groups is 1. The van der Waals surface area contributed by atoms with Crippen molar-refractivity contribution >= 4 is 11.9 Å². The molecular formula is C23H34N2. The normalized spacial score (nSPS) is 34.6. The summed E-state index contributed by atoms with van der Waals surface area (Å²) in [5.41, 5.74) is 3.08. The van der Waals surface area contributed by atoms with Crippen molar-refractivity contribution in [1.29, 1.82) is 0 Å². The number of hydrogen-bond acceptors (Lipinski definition) is 2. The van der Waals surface area contributed by atoms with Gasteiger partial charge in [-0.3, -0.25) is 4.99 Å². The first-order valence-electron chi connectivity index (χ1n) is 10.5. The SMILES string of the molecule is CCN(CC)c1ccc(C=NC(C)C23CC4CC(CC(C4)C2)C3)cc1. The first-order chi connectivity index (χ1) is 12.1. The molecule has 0 radical (unpaired) electrons. The molecule has 4 saturated carbocycles. The van der Waals surface area contributed by atoms with Gasteiger partial charge in [-0.05, 0) is 100 Å². The van der Waals surface area contributed by atoms with E-state index in [-0.39, 0.29) is 0 Å². The van der Waals surface area contributed by atoms with Gasteiger partial charge in [-0.25, -0.2) is 0 Å². The molecule has 2 nitrogen and oxygen atoms in total. The average Bonchev–Trinajstić information content (AvgIpc) is 2.60. The van der Waals surface area contributed by atoms with E-state index in [1.54, 1.807) is 0 Å². The second-order valence-corrected chi connectivity index (χ2v) is 9.00. The topological polar surface area (TPSA) is 15.6 Å². The third-order valence-corrected chi connectivity index (χ3v) is 7.44. The van der Waals surface area contributed by atoms with Crippen molar-refractivity contribution in [2.75, 3.05) is 18.0 Å². The Kier molecular flexibility index (Phi) is 4.64. The van der Waals surface area contributed by atoms with Gasteiger partial charge in [0.05, 0.1) is 6.04 Å². The van der Waals surface area contributed by atoms with E-state index in [0.29, 0.717) is 11.5 Å². The molecule has 5 rings (SSSR count). The summed E-state index contributed by atoms with van der Waals surface area (Å²) in [7, 11) is 0. The Hall–Kier alpha value is -1.31. The van der Waals surface area contributed by atoms with Crippen LogP contribution in [0.2, 0.25) is 0 Å². The molecule has 4 bridgehead atoms. The maximum atomic E-state index is 5.06. The number of hydrogen-bond donors (Lipinski definition) is 0. The molecule has 136 valence electrons. The Morgan fingerprint density at radius 3 is 2.00 bits per heavy atom. The van der Waals surface area contributed by atoms with Crippen LogP contribution in [0.4, 0.5) is 5.69 Å². The fraction of sp³-hybridized carbons (Fsp3) is 0.696. The van der Waals surface area contributed by atoms with Crippen molar-refractivity contribution < 1.29 is 0 Å². The van der Waals surface area contributed by atoms with Crippen molar-refractivity contribution in [2.45, 2.75) is 65.3 Å². The van der Waals surface area contributed by atoms with Crippen LogP contribution in [0.15, 0.2) is 29.3 Å². The van der Waals surface area contributed by atoms with E-state index in [1.165, 1.54) is 49.8 Å². The molecule has 0 amide bonds. The van der Waals surface area contributed by atoms with Crippen LogP contribution in [0.5, 0.6) is 0 Å². The Morgan fingerprint density at radius 1 is 1.00 bits per heavy atom. The molecule has 0 heterocycles. The Bertz CT molecular complexity index is 576. The van der Waals surface area contributed by atoms with Gasteiger partial charge in [-0.15, -0.1) is 0 Å². The number of benzene rings is 1. The molecule has 1 aromatic carbocycles. The van der Waals surface area contributed by atoms with Gasteiger partial charge in [-0.1, -0.05) is 12.1 Å². The highest BCUT2D eigenvalue weighted by molar-refractivity contribution is 5.80. The van der Waals surface area contributed by atoms with Gasteiger partial charge in [0.2, 0.25) is 0 Å². The molecule has 0 aromatic heterocycles. The standard InChI is InChI=1S/C23H34N2/c1-4-25(5-2)22-8-6-18(7-9-22)16-24-17(3)23-13-19-10-20(14-23)12-21(11-19)15-23/h6-9,16-17,19-21H,4-5,10-15H2,1-3H3. The minimum absolute atomic E-state index is 0.475. The lowest BCUT2D eigenvalue weighted by Gasteiger charge is -2.58. The summed E-state index contributed by atoms with van der Waals surface area (Å²) in [5.74, 6) is 3.03. The Labute approximate surface area is 153 Å². The van der Waals surface area contributed by atoms with Crippen LogP contribution in [0, 0.1) is 23.2 Å². The molecule has 0 saturated heterocycles. The second-order valence-electron chi connectivity index (χ2n) is 9.00. The first kappa shape index (κ1) is 17.1. The summed E-state index contributed by atoms with van der Waals surface area (Å²) in [4.78, 5) is 7.45. The molecule has 25 heavy (non-hydrogen) atoms. The van der Waals surface area contributed by atoms with Crippen LogP contribution in [0.3, 0.4) is 0 Å². The molecular weight excluding hydrogens is 304 g/mol. The highest BCUT2D eigenvalue weighted by Gasteiger charge is 2.53. The van der Waals surface area contributed by atoms with E-state index in [0.717, 1.165) is 30.8 Å². The minimum Gasteiger partial charge on any atom is -0.372 e. The smallest absolute Gasteiger partial charge is 0.0528 e. The second kappa shape index (κ2) is 6.78. The zero-order chi connectivity index (χ0) is 17.4. The lowest BCUT2D eigenvalue weighted by atomic mass is 9.48. The molecule has 4 fully saturated rings. The minimum atomic E-state index is 0.475. The zero-order valence-electron chi connectivity index (χ0n) is 16.2. The maximum Gasteiger partial charge on any atom is 0.0528 e. The van der Waals surface area contributed by atoms with Gasteiger partial charge in [0.1, 0.15) is 0 Å². The third kappa shape index (κ3) is 3.25. The summed E-state index contributed by atoms with van der Waals surface area (Å²) in [6.45, 7) is 8.94. The van der Waals surface area contributed by atoms with Crippen LogP contribution in [0.25, 0.3) is 0 Å². The van der Waals surface area contributed by atoms with Gasteiger partial charge in [0.15, 0.2) is 0 Å². The van der Waals surface area contributed by atoms with Gasteiger partial charge in [0, 0.05) is 25.0 Å². The van der Waals surface area contributed by atoms with E-state index >= 15 is 0 Å². The average molecular weight is 339 g/mol. The lowest BCUT2D eigenvalue weighted by Crippen LogP contribution is -2.50. The van der Waals surface area contributed by atoms with Gasteiger partial charge >= 0.3 is 0 Å². The summed E-state index contributed by atoms with van der Waals surface area (Å²) in [6.07, 6.45) is 11.0. The fourth-order valence-electron chi connectivity index (χ4n) is 6.41. The Balaban J connectivity index is 1.45. The molecule has 0 N–H and O–H groups in total. The van der Waals surface area contributed by atoms with Crippen molar-refractivity contribution in [3.8, 4) is 0 Å². The third-order valence-electron chi connectivity index (χ3n) is 7.44. The fourth-order valence-corrected chi connectivity index (χ4v) is 6.41. The highest BCUT2D eigenvalue weighted by atomic mass is 15.1. The monoisotopic (exact) mass is 338 g/mol. The number of nitrogens with zero attached hydrogens (tertiary/aromatic N) is 2. The van der Waals surface area contributed by atoms with Crippen LogP contribution in [0.1, 0.15) is 64.9 Å². The summed E-state index contributed by atoms with van der Waals surface area (Å²) in [5, 5.41) is 0. The van der Waals surface area contributed by atoms with E-state index in [9.17, 15) is 0 Å². The van der Waals surface area contributed by atoms with Crippen LogP contribution in [-0.4, -0.2) is 25.3 Å². The lowest BCUT2D eigenvalue weighted by molar-refractivity contribution is -0.0632. The van der Waals surface area contributed by atoms with Crippen molar-refractivity contribution in [3.63, 3.8) is 0 Å². The predicted octanol–water partition coefficient (Wildman–Crippen LogP) is 5.56. The molecule has 1 unspecified atom stereocenters. The predicted molar refractivity (Wildman–Crippen MR) is 108 cm³/mol. The molecule has 0 aliphatic heterocycles. The van der Waals surface area contributed by atoms with Crippen LogP contribution < -0.4 is 4.90 Å². The highest BCUT2D eigenvalue weighted by Crippen LogP contribution is 2.61. The number of anilines is 1. The van der Waals surface area contributed by atoms with Crippen molar-refractivity contribution in [1.82, 2.24) is 0 Å². The molecule has 1 atom stereocenters. The summed E-state index contributed by atoms with van der Waals surface area (Å²) < 4.78 is 0. The molecule has 1 aromatic rings. The maximum absolute atomic E-state index is 5.06. The van der Waals surface area contributed by atoms with Crippen molar-refractivity contribution in [3.05, 3.63) is 29.8 Å². The van der Waals surface area contributed by atoms with Gasteiger partial charge in [-0.2, -0.15) is 0 Å². The largest absolute Gasteiger partial charge is 0.372 e. The number of rotatable bonds is 6. The molecule has 4 aliphatic rings. The van der Waals surface area contributed by atoms with Gasteiger partial charge < -0.3 is 4.90 Å². The molecule has 2 heteroatoms. The summed E-state index contributed by atoms with van der Waals surface area (Å²) >= 11 is 0. The van der Waals surface area contributed by atoms with E-state index in [4.69, 9.17) is 4.99 Å². The molecule has 4 aliphatic carbocycles. The van der Waals surface area contributed by atoms with E-state index in [1.807, 2.05) is 0 Å². The van der Waals surface area contributed by atoms with Crippen LogP contribution in [-0.2, 0) is 0 Å². The Morgan fingerprint density at radius 2 is 1.52 bits per heavy atom. The van der Waals surface area contributed by atoms with Crippen molar-refractivity contribution in [2.24, 2.45) is 28.2 Å².